The summed E-state index contributed by atoms with van der Waals surface area (Å²) in [5, 5.41) is 3.44. The van der Waals surface area contributed by atoms with Crippen LogP contribution in [-0.2, 0) is 0 Å². The van der Waals surface area contributed by atoms with E-state index < -0.39 is 0 Å². The number of nitrogens with zero attached hydrogens (tertiary/aromatic N) is 1. The SMILES string of the molecule is Cc1cc(C)c(N(C)CCC2CCNCC2)cc1C. The molecule has 19 heavy (non-hydrogen) atoms. The van der Waals surface area contributed by atoms with Crippen LogP contribution in [0.4, 0.5) is 5.69 Å². The van der Waals surface area contributed by atoms with Gasteiger partial charge in [-0.05, 0) is 81.8 Å². The van der Waals surface area contributed by atoms with Crippen molar-refractivity contribution in [3.63, 3.8) is 0 Å². The molecular weight excluding hydrogens is 232 g/mol. The number of hydrogen-bond acceptors (Lipinski definition) is 2. The van der Waals surface area contributed by atoms with Gasteiger partial charge in [-0.1, -0.05) is 6.07 Å². The van der Waals surface area contributed by atoms with Crippen molar-refractivity contribution in [2.75, 3.05) is 31.6 Å². The highest BCUT2D eigenvalue weighted by molar-refractivity contribution is 5.56. The lowest BCUT2D eigenvalue weighted by molar-refractivity contribution is 0.356. The molecule has 0 spiro atoms. The Morgan fingerprint density at radius 1 is 1.05 bits per heavy atom. The third-order valence-electron chi connectivity index (χ3n) is 4.55. The molecule has 106 valence electrons. The Balaban J connectivity index is 1.95. The Morgan fingerprint density at radius 3 is 2.37 bits per heavy atom. The van der Waals surface area contributed by atoms with Crippen LogP contribution in [0.15, 0.2) is 12.1 Å². The first kappa shape index (κ1) is 14.4. The van der Waals surface area contributed by atoms with E-state index in [-0.39, 0.29) is 0 Å². The lowest BCUT2D eigenvalue weighted by atomic mass is 9.94. The van der Waals surface area contributed by atoms with E-state index in [1.807, 2.05) is 0 Å². The second kappa shape index (κ2) is 6.42. The molecule has 0 atom stereocenters. The molecule has 1 heterocycles. The predicted octanol–water partition coefficient (Wildman–Crippen LogP) is 3.44. The monoisotopic (exact) mass is 260 g/mol. The lowest BCUT2D eigenvalue weighted by Crippen LogP contribution is -2.30. The van der Waals surface area contributed by atoms with E-state index in [1.165, 1.54) is 61.3 Å². The maximum Gasteiger partial charge on any atom is 0.0396 e. The molecule has 0 amide bonds. The van der Waals surface area contributed by atoms with Gasteiger partial charge < -0.3 is 10.2 Å². The van der Waals surface area contributed by atoms with E-state index in [4.69, 9.17) is 0 Å². The standard InChI is InChI=1S/C17H28N2/c1-13-11-15(3)17(12-14(13)2)19(4)10-7-16-5-8-18-9-6-16/h11-12,16,18H,5-10H2,1-4H3. The average molecular weight is 260 g/mol. The summed E-state index contributed by atoms with van der Waals surface area (Å²) >= 11 is 0. The number of benzene rings is 1. The Labute approximate surface area is 118 Å². The zero-order valence-electron chi connectivity index (χ0n) is 12.9. The van der Waals surface area contributed by atoms with Gasteiger partial charge in [0.15, 0.2) is 0 Å². The summed E-state index contributed by atoms with van der Waals surface area (Å²) in [4.78, 5) is 2.43. The highest BCUT2D eigenvalue weighted by Gasteiger charge is 2.14. The molecule has 1 aromatic carbocycles. The summed E-state index contributed by atoms with van der Waals surface area (Å²) in [5.41, 5.74) is 5.59. The first-order valence-corrected chi connectivity index (χ1v) is 7.57. The summed E-state index contributed by atoms with van der Waals surface area (Å²) in [6.45, 7) is 10.2. The van der Waals surface area contributed by atoms with Gasteiger partial charge in [-0.3, -0.25) is 0 Å². The molecule has 2 heteroatoms. The van der Waals surface area contributed by atoms with Crippen LogP contribution >= 0.6 is 0 Å². The van der Waals surface area contributed by atoms with Crippen molar-refractivity contribution >= 4 is 5.69 Å². The first-order chi connectivity index (χ1) is 9.08. The number of rotatable bonds is 4. The Bertz CT molecular complexity index is 420. The smallest absolute Gasteiger partial charge is 0.0396 e. The molecule has 0 aromatic heterocycles. The molecule has 1 saturated heterocycles. The molecule has 0 bridgehead atoms. The third kappa shape index (κ3) is 3.73. The minimum atomic E-state index is 0.913. The van der Waals surface area contributed by atoms with Gasteiger partial charge in [-0.25, -0.2) is 0 Å². The molecule has 2 nitrogen and oxygen atoms in total. The van der Waals surface area contributed by atoms with Gasteiger partial charge in [0.2, 0.25) is 0 Å². The fourth-order valence-corrected chi connectivity index (χ4v) is 3.02. The summed E-state index contributed by atoms with van der Waals surface area (Å²) in [7, 11) is 2.23. The van der Waals surface area contributed by atoms with Crippen LogP contribution in [0.3, 0.4) is 0 Å². The fourth-order valence-electron chi connectivity index (χ4n) is 3.02. The first-order valence-electron chi connectivity index (χ1n) is 7.57. The van der Waals surface area contributed by atoms with Gasteiger partial charge in [0.25, 0.3) is 0 Å². The largest absolute Gasteiger partial charge is 0.374 e. The average Bonchev–Trinajstić information content (AvgIpc) is 2.41. The normalized spacial score (nSPS) is 16.6. The molecule has 0 radical (unpaired) electrons. The van der Waals surface area contributed by atoms with Crippen molar-refractivity contribution in [3.05, 3.63) is 28.8 Å². The van der Waals surface area contributed by atoms with Gasteiger partial charge in [0.1, 0.15) is 0 Å². The highest BCUT2D eigenvalue weighted by Crippen LogP contribution is 2.24. The van der Waals surface area contributed by atoms with E-state index in [1.54, 1.807) is 0 Å². The van der Waals surface area contributed by atoms with E-state index in [0.717, 1.165) is 5.92 Å². The van der Waals surface area contributed by atoms with Crippen molar-refractivity contribution in [1.29, 1.82) is 0 Å². The molecule has 1 N–H and O–H groups in total. The van der Waals surface area contributed by atoms with Gasteiger partial charge in [0.05, 0.1) is 0 Å². The highest BCUT2D eigenvalue weighted by atomic mass is 15.1. The number of nitrogens with one attached hydrogen (secondary N) is 1. The van der Waals surface area contributed by atoms with Crippen molar-refractivity contribution in [1.82, 2.24) is 5.32 Å². The molecule has 0 aliphatic carbocycles. The second-order valence-electron chi connectivity index (χ2n) is 6.13. The van der Waals surface area contributed by atoms with Crippen molar-refractivity contribution in [2.45, 2.75) is 40.0 Å². The van der Waals surface area contributed by atoms with Gasteiger partial charge in [-0.15, -0.1) is 0 Å². The van der Waals surface area contributed by atoms with Crippen LogP contribution in [0.1, 0.15) is 36.0 Å². The molecule has 0 saturated carbocycles. The lowest BCUT2D eigenvalue weighted by Gasteiger charge is -2.27. The van der Waals surface area contributed by atoms with E-state index in [2.05, 4.69) is 50.2 Å². The number of anilines is 1. The Kier molecular flexibility index (Phi) is 4.87. The molecule has 1 aromatic rings. The molecular formula is C17H28N2. The van der Waals surface area contributed by atoms with Crippen LogP contribution in [0.25, 0.3) is 0 Å². The topological polar surface area (TPSA) is 15.3 Å². The number of piperidine rings is 1. The van der Waals surface area contributed by atoms with Crippen LogP contribution in [-0.4, -0.2) is 26.7 Å². The number of aryl methyl sites for hydroxylation is 3. The van der Waals surface area contributed by atoms with Crippen molar-refractivity contribution < 1.29 is 0 Å². The van der Waals surface area contributed by atoms with Gasteiger partial charge >= 0.3 is 0 Å². The Morgan fingerprint density at radius 2 is 1.68 bits per heavy atom. The molecule has 1 fully saturated rings. The Hall–Kier alpha value is -1.02. The van der Waals surface area contributed by atoms with E-state index >= 15 is 0 Å². The quantitative estimate of drug-likeness (QED) is 0.892. The number of hydrogen-bond donors (Lipinski definition) is 1. The van der Waals surface area contributed by atoms with Gasteiger partial charge in [-0.2, -0.15) is 0 Å². The van der Waals surface area contributed by atoms with Crippen LogP contribution in [0.2, 0.25) is 0 Å². The maximum atomic E-state index is 3.44. The summed E-state index contributed by atoms with van der Waals surface area (Å²) < 4.78 is 0. The molecule has 0 unspecified atom stereocenters. The van der Waals surface area contributed by atoms with Crippen molar-refractivity contribution in [3.8, 4) is 0 Å². The maximum absolute atomic E-state index is 3.44. The van der Waals surface area contributed by atoms with Gasteiger partial charge in [0, 0.05) is 19.3 Å². The minimum absolute atomic E-state index is 0.913. The zero-order chi connectivity index (χ0) is 13.8. The van der Waals surface area contributed by atoms with Crippen LogP contribution < -0.4 is 10.2 Å². The van der Waals surface area contributed by atoms with Crippen LogP contribution in [0.5, 0.6) is 0 Å². The van der Waals surface area contributed by atoms with E-state index in [0.29, 0.717) is 0 Å². The zero-order valence-corrected chi connectivity index (χ0v) is 12.9. The second-order valence-corrected chi connectivity index (χ2v) is 6.13. The van der Waals surface area contributed by atoms with E-state index in [9.17, 15) is 0 Å². The summed E-state index contributed by atoms with van der Waals surface area (Å²) in [6, 6.07) is 4.65. The molecule has 1 aliphatic rings. The minimum Gasteiger partial charge on any atom is -0.374 e. The summed E-state index contributed by atoms with van der Waals surface area (Å²) in [6.07, 6.45) is 4.02. The fraction of sp³-hybridized carbons (Fsp3) is 0.647. The van der Waals surface area contributed by atoms with Crippen molar-refractivity contribution in [2.24, 2.45) is 5.92 Å². The summed E-state index contributed by atoms with van der Waals surface area (Å²) in [5.74, 6) is 0.913. The molecule has 1 aliphatic heterocycles. The van der Waals surface area contributed by atoms with Crippen LogP contribution in [0, 0.1) is 26.7 Å². The third-order valence-corrected chi connectivity index (χ3v) is 4.55. The molecule has 2 rings (SSSR count). The predicted molar refractivity (Wildman–Crippen MR) is 84.1 cm³/mol.